The van der Waals surface area contributed by atoms with Gasteiger partial charge in [-0.2, -0.15) is 4.98 Å². The van der Waals surface area contributed by atoms with Gasteiger partial charge in [-0.3, -0.25) is 0 Å². The van der Waals surface area contributed by atoms with Crippen LogP contribution < -0.4 is 9.64 Å². The summed E-state index contributed by atoms with van der Waals surface area (Å²) in [4.78, 5) is 11.1. The lowest BCUT2D eigenvalue weighted by molar-refractivity contribution is -0.148. The molecule has 2 fully saturated rings. The molecule has 1 aromatic heterocycles. The lowest BCUT2D eigenvalue weighted by Gasteiger charge is -2.48. The number of anilines is 1. The molecule has 0 aromatic carbocycles. The predicted molar refractivity (Wildman–Crippen MR) is 77.2 cm³/mol. The second-order valence-electron chi connectivity index (χ2n) is 6.51. The predicted octanol–water partition coefficient (Wildman–Crippen LogP) is 2.41. The van der Waals surface area contributed by atoms with Crippen molar-refractivity contribution in [2.45, 2.75) is 50.7 Å². The van der Waals surface area contributed by atoms with E-state index in [-0.39, 0.29) is 11.2 Å². The molecule has 0 N–H and O–H groups in total. The van der Waals surface area contributed by atoms with E-state index in [2.05, 4.69) is 28.7 Å². The van der Waals surface area contributed by atoms with Crippen molar-refractivity contribution in [1.29, 1.82) is 0 Å². The molecule has 1 saturated carbocycles. The molecule has 20 heavy (non-hydrogen) atoms. The molecular weight excluding hydrogens is 254 g/mol. The summed E-state index contributed by atoms with van der Waals surface area (Å²) in [7, 11) is 1.63. The van der Waals surface area contributed by atoms with Crippen LogP contribution in [0.1, 0.15) is 39.5 Å². The summed E-state index contributed by atoms with van der Waals surface area (Å²) < 4.78 is 11.6. The van der Waals surface area contributed by atoms with Gasteiger partial charge in [0, 0.05) is 18.8 Å². The second-order valence-corrected chi connectivity index (χ2v) is 6.51. The van der Waals surface area contributed by atoms with Crippen LogP contribution in [0.2, 0.25) is 0 Å². The Labute approximate surface area is 120 Å². The van der Waals surface area contributed by atoms with E-state index in [0.29, 0.717) is 5.88 Å². The zero-order chi connectivity index (χ0) is 14.2. The molecule has 1 aromatic rings. The Hall–Kier alpha value is -1.36. The first-order valence-corrected chi connectivity index (χ1v) is 7.34. The maximum atomic E-state index is 6.40. The van der Waals surface area contributed by atoms with Crippen LogP contribution in [0.4, 0.5) is 5.95 Å². The molecule has 0 amide bonds. The summed E-state index contributed by atoms with van der Waals surface area (Å²) >= 11 is 0. The Kier molecular flexibility index (Phi) is 3.32. The largest absolute Gasteiger partial charge is 0.481 e. The van der Waals surface area contributed by atoms with Crippen LogP contribution in [0.15, 0.2) is 12.3 Å². The molecule has 5 heteroatoms. The summed E-state index contributed by atoms with van der Waals surface area (Å²) in [5.74, 6) is 1.35. The second kappa shape index (κ2) is 4.88. The maximum absolute atomic E-state index is 6.40. The summed E-state index contributed by atoms with van der Waals surface area (Å²) in [5, 5.41) is 0. The average molecular weight is 277 g/mol. The Morgan fingerprint density at radius 3 is 2.70 bits per heavy atom. The van der Waals surface area contributed by atoms with Gasteiger partial charge in [0.1, 0.15) is 0 Å². The van der Waals surface area contributed by atoms with Gasteiger partial charge in [-0.1, -0.05) is 12.8 Å². The van der Waals surface area contributed by atoms with Crippen LogP contribution in [0, 0.1) is 0 Å². The van der Waals surface area contributed by atoms with Gasteiger partial charge in [-0.15, -0.1) is 0 Å². The number of morpholine rings is 1. The molecule has 3 rings (SSSR count). The molecule has 1 saturated heterocycles. The van der Waals surface area contributed by atoms with Crippen LogP contribution in [0.5, 0.6) is 5.88 Å². The highest BCUT2D eigenvalue weighted by atomic mass is 16.5. The topological polar surface area (TPSA) is 47.5 Å². The molecule has 0 atom stereocenters. The average Bonchev–Trinajstić information content (AvgIpc) is 2.84. The number of hydrogen-bond donors (Lipinski definition) is 0. The van der Waals surface area contributed by atoms with Gasteiger partial charge in [0.15, 0.2) is 0 Å². The third-order valence-corrected chi connectivity index (χ3v) is 4.17. The Bertz CT molecular complexity index is 484. The van der Waals surface area contributed by atoms with E-state index in [4.69, 9.17) is 9.47 Å². The van der Waals surface area contributed by atoms with Crippen molar-refractivity contribution < 1.29 is 9.47 Å². The maximum Gasteiger partial charge on any atom is 0.228 e. The van der Waals surface area contributed by atoms with Crippen molar-refractivity contribution in [3.8, 4) is 5.88 Å². The highest BCUT2D eigenvalue weighted by molar-refractivity contribution is 5.35. The Morgan fingerprint density at radius 1 is 1.25 bits per heavy atom. The molecular formula is C15H23N3O2. The van der Waals surface area contributed by atoms with Gasteiger partial charge in [0.05, 0.1) is 24.9 Å². The quantitative estimate of drug-likeness (QED) is 0.831. The lowest BCUT2D eigenvalue weighted by Crippen LogP contribution is -2.59. The molecule has 0 radical (unpaired) electrons. The molecule has 1 spiro atoms. The van der Waals surface area contributed by atoms with Crippen molar-refractivity contribution in [1.82, 2.24) is 9.97 Å². The van der Waals surface area contributed by atoms with Crippen molar-refractivity contribution in [2.24, 2.45) is 0 Å². The fourth-order valence-corrected chi connectivity index (χ4v) is 3.53. The molecule has 1 aliphatic heterocycles. The van der Waals surface area contributed by atoms with E-state index in [0.717, 1.165) is 31.9 Å². The number of methoxy groups -OCH3 is 1. The SMILES string of the molecule is COc1ccnc(N2CC(C)(C)OC3(CCCC3)C2)n1. The molecule has 1 aliphatic carbocycles. The third kappa shape index (κ3) is 2.59. The van der Waals surface area contributed by atoms with E-state index in [1.54, 1.807) is 19.4 Å². The third-order valence-electron chi connectivity index (χ3n) is 4.17. The minimum atomic E-state index is -0.172. The standard InChI is InChI=1S/C15H23N3O2/c1-14(2)10-18(11-15(20-14)7-4-5-8-15)13-16-9-6-12(17-13)19-3/h6,9H,4-5,7-8,10-11H2,1-3H3. The summed E-state index contributed by atoms with van der Waals surface area (Å²) in [5.41, 5.74) is -0.191. The monoisotopic (exact) mass is 277 g/mol. The summed E-state index contributed by atoms with van der Waals surface area (Å²) in [6, 6.07) is 1.78. The zero-order valence-corrected chi connectivity index (χ0v) is 12.6. The molecule has 0 bridgehead atoms. The van der Waals surface area contributed by atoms with E-state index < -0.39 is 0 Å². The molecule has 2 aliphatic rings. The Morgan fingerprint density at radius 2 is 2.00 bits per heavy atom. The van der Waals surface area contributed by atoms with Crippen LogP contribution in [-0.4, -0.2) is 41.4 Å². The lowest BCUT2D eigenvalue weighted by atomic mass is 9.94. The first kappa shape index (κ1) is 13.6. The van der Waals surface area contributed by atoms with Gasteiger partial charge in [-0.05, 0) is 26.7 Å². The molecule has 2 heterocycles. The highest BCUT2D eigenvalue weighted by Crippen LogP contribution is 2.41. The molecule has 5 nitrogen and oxygen atoms in total. The van der Waals surface area contributed by atoms with Crippen molar-refractivity contribution in [3.63, 3.8) is 0 Å². The number of ether oxygens (including phenoxy) is 2. The summed E-state index contributed by atoms with van der Waals surface area (Å²) in [6.07, 6.45) is 6.53. The number of nitrogens with zero attached hydrogens (tertiary/aromatic N) is 3. The van der Waals surface area contributed by atoms with Gasteiger partial charge >= 0.3 is 0 Å². The van der Waals surface area contributed by atoms with Crippen LogP contribution in [-0.2, 0) is 4.74 Å². The first-order valence-electron chi connectivity index (χ1n) is 7.34. The highest BCUT2D eigenvalue weighted by Gasteiger charge is 2.46. The normalized spacial score (nSPS) is 24.1. The van der Waals surface area contributed by atoms with Gasteiger partial charge in [-0.25, -0.2) is 4.98 Å². The number of hydrogen-bond acceptors (Lipinski definition) is 5. The van der Waals surface area contributed by atoms with Crippen molar-refractivity contribution in [3.05, 3.63) is 12.3 Å². The van der Waals surface area contributed by atoms with Crippen LogP contribution >= 0.6 is 0 Å². The van der Waals surface area contributed by atoms with E-state index >= 15 is 0 Å². The first-order chi connectivity index (χ1) is 9.52. The Balaban J connectivity index is 1.88. The van der Waals surface area contributed by atoms with Crippen molar-refractivity contribution in [2.75, 3.05) is 25.1 Å². The van der Waals surface area contributed by atoms with Gasteiger partial charge in [0.2, 0.25) is 11.8 Å². The molecule has 0 unspecified atom stereocenters. The number of rotatable bonds is 2. The fraction of sp³-hybridized carbons (Fsp3) is 0.733. The smallest absolute Gasteiger partial charge is 0.228 e. The van der Waals surface area contributed by atoms with E-state index in [1.165, 1.54) is 12.8 Å². The molecule has 110 valence electrons. The van der Waals surface area contributed by atoms with E-state index in [9.17, 15) is 0 Å². The minimum Gasteiger partial charge on any atom is -0.481 e. The summed E-state index contributed by atoms with van der Waals surface area (Å²) in [6.45, 7) is 5.99. The zero-order valence-electron chi connectivity index (χ0n) is 12.6. The van der Waals surface area contributed by atoms with Gasteiger partial charge < -0.3 is 14.4 Å². The van der Waals surface area contributed by atoms with Crippen molar-refractivity contribution >= 4 is 5.95 Å². The van der Waals surface area contributed by atoms with E-state index in [1.807, 2.05) is 0 Å². The van der Waals surface area contributed by atoms with Crippen LogP contribution in [0.3, 0.4) is 0 Å². The fourth-order valence-electron chi connectivity index (χ4n) is 3.53. The van der Waals surface area contributed by atoms with Gasteiger partial charge in [0.25, 0.3) is 0 Å². The number of aromatic nitrogens is 2. The minimum absolute atomic E-state index is 0.0197. The van der Waals surface area contributed by atoms with Crippen LogP contribution in [0.25, 0.3) is 0 Å².